The van der Waals surface area contributed by atoms with Crippen LogP contribution >= 0.6 is 22.7 Å². The molecule has 308 valence electrons. The molecule has 8 rings (SSSR count). The van der Waals surface area contributed by atoms with Gasteiger partial charge in [0.05, 0.1) is 9.75 Å². The number of aryl methyl sites for hydroxylation is 1. The van der Waals surface area contributed by atoms with Crippen LogP contribution in [0.15, 0.2) is 133 Å². The first-order valence-electron chi connectivity index (χ1n) is 20.4. The number of thiophene rings is 2. The molecule has 2 heterocycles. The molecule has 0 aliphatic carbocycles. The Kier molecular flexibility index (Phi) is 12.9. The average Bonchev–Trinajstić information content (AvgIpc) is 3.85. The number of hydrogen-bond donors (Lipinski definition) is 4. The lowest BCUT2D eigenvalue weighted by Crippen LogP contribution is -2.23. The van der Waals surface area contributed by atoms with Gasteiger partial charge in [-0.2, -0.15) is 0 Å². The van der Waals surface area contributed by atoms with Crippen molar-refractivity contribution in [1.29, 1.82) is 0 Å². The van der Waals surface area contributed by atoms with Crippen LogP contribution in [0, 0.1) is 6.92 Å². The number of carbonyl (C=O) groups excluding carboxylic acids is 2. The summed E-state index contributed by atoms with van der Waals surface area (Å²) < 4.78 is 13.7. The van der Waals surface area contributed by atoms with Crippen LogP contribution in [0.1, 0.15) is 48.5 Å². The Bertz CT molecular complexity index is 2830. The Balaban J connectivity index is 0.887. The number of rotatable bonds is 18. The molecular weight excluding hydrogens is 801 g/mol. The minimum absolute atomic E-state index is 0.0369. The van der Waals surface area contributed by atoms with E-state index >= 15 is 0 Å². The van der Waals surface area contributed by atoms with E-state index in [9.17, 15) is 19.8 Å². The van der Waals surface area contributed by atoms with Crippen LogP contribution in [0.5, 0.6) is 23.0 Å². The van der Waals surface area contributed by atoms with Crippen molar-refractivity contribution in [3.05, 3.63) is 165 Å². The van der Waals surface area contributed by atoms with Crippen LogP contribution in [0.4, 0.5) is 0 Å². The van der Waals surface area contributed by atoms with Gasteiger partial charge < -0.3 is 30.3 Å². The number of phenolic OH excluding ortho intramolecular Hbond substituents is 2. The zero-order valence-electron chi connectivity index (χ0n) is 34.0. The predicted molar refractivity (Wildman–Crippen MR) is 248 cm³/mol. The fourth-order valence-corrected chi connectivity index (χ4v) is 9.90. The number of carbonyl (C=O) groups is 2. The van der Waals surface area contributed by atoms with Gasteiger partial charge >= 0.3 is 0 Å². The predicted octanol–water partition coefficient (Wildman–Crippen LogP) is 10.8. The summed E-state index contributed by atoms with van der Waals surface area (Å²) in [5.74, 6) is 1.72. The number of ketones is 2. The maximum absolute atomic E-state index is 14.2. The van der Waals surface area contributed by atoms with Crippen LogP contribution in [0.3, 0.4) is 0 Å². The first-order valence-corrected chi connectivity index (χ1v) is 22.0. The van der Waals surface area contributed by atoms with Gasteiger partial charge in [0.25, 0.3) is 0 Å². The molecule has 0 spiro atoms. The monoisotopic (exact) mass is 846 g/mol. The summed E-state index contributed by atoms with van der Waals surface area (Å²) in [4.78, 5) is 29.3. The summed E-state index contributed by atoms with van der Waals surface area (Å²) in [5, 5.41) is 29.0. The van der Waals surface area contributed by atoms with Crippen LogP contribution in [-0.4, -0.2) is 61.2 Å². The van der Waals surface area contributed by atoms with E-state index in [1.54, 1.807) is 24.3 Å². The largest absolute Gasteiger partial charge is 0.508 e. The molecular formula is C51H46N2O6S2. The Morgan fingerprint density at radius 1 is 0.590 bits per heavy atom. The molecule has 0 saturated heterocycles. The topological polar surface area (TPSA) is 117 Å². The van der Waals surface area contributed by atoms with E-state index in [2.05, 4.69) is 17.6 Å². The fourth-order valence-electron chi connectivity index (χ4n) is 7.46. The molecule has 0 aliphatic heterocycles. The van der Waals surface area contributed by atoms with Crippen molar-refractivity contribution in [2.24, 2.45) is 0 Å². The molecule has 0 aliphatic rings. The van der Waals surface area contributed by atoms with Gasteiger partial charge in [-0.3, -0.25) is 9.59 Å². The Morgan fingerprint density at radius 2 is 1.15 bits per heavy atom. The quantitative estimate of drug-likeness (QED) is 0.0498. The second-order valence-electron chi connectivity index (χ2n) is 14.7. The molecule has 10 heteroatoms. The minimum atomic E-state index is -0.0588. The maximum Gasteiger partial charge on any atom is 0.203 e. The van der Waals surface area contributed by atoms with Crippen molar-refractivity contribution in [2.45, 2.75) is 20.3 Å². The smallest absolute Gasteiger partial charge is 0.203 e. The van der Waals surface area contributed by atoms with Gasteiger partial charge in [-0.15, -0.1) is 22.7 Å². The highest BCUT2D eigenvalue weighted by Gasteiger charge is 2.24. The number of likely N-dealkylation sites (N-methyl/N-ethyl adjacent to an activating group) is 1. The van der Waals surface area contributed by atoms with Crippen LogP contribution in [0.25, 0.3) is 42.4 Å². The Hall–Kier alpha value is -6.30. The third kappa shape index (κ3) is 9.38. The highest BCUT2D eigenvalue weighted by atomic mass is 32.1. The number of ether oxygens (including phenoxy) is 2. The highest BCUT2D eigenvalue weighted by molar-refractivity contribution is 7.22. The normalized spacial score (nSPS) is 11.3. The summed E-state index contributed by atoms with van der Waals surface area (Å²) >= 11 is 2.79. The van der Waals surface area contributed by atoms with Crippen molar-refractivity contribution in [1.82, 2.24) is 10.6 Å². The molecule has 6 aromatic carbocycles. The molecule has 0 radical (unpaired) electrons. The first kappa shape index (κ1) is 41.4. The van der Waals surface area contributed by atoms with Gasteiger partial charge in [0.2, 0.25) is 11.6 Å². The van der Waals surface area contributed by atoms with Gasteiger partial charge in [0.1, 0.15) is 36.2 Å². The second-order valence-corrected chi connectivity index (χ2v) is 16.9. The molecule has 0 bridgehead atoms. The third-order valence-corrected chi connectivity index (χ3v) is 12.9. The van der Waals surface area contributed by atoms with E-state index in [1.807, 2.05) is 116 Å². The van der Waals surface area contributed by atoms with Gasteiger partial charge in [0, 0.05) is 55.5 Å². The maximum atomic E-state index is 14.2. The summed E-state index contributed by atoms with van der Waals surface area (Å²) in [5.41, 5.74) is 6.76. The zero-order valence-corrected chi connectivity index (χ0v) is 35.6. The van der Waals surface area contributed by atoms with Crippen molar-refractivity contribution >= 4 is 54.4 Å². The van der Waals surface area contributed by atoms with E-state index in [4.69, 9.17) is 9.47 Å². The van der Waals surface area contributed by atoms with Crippen molar-refractivity contribution in [3.63, 3.8) is 0 Å². The standard InChI is InChI=1S/C51H46N2O6S2/c1-3-52-25-27-58-39-17-11-34(12-18-39)46-42-21-15-37(54)30-44(42)60-50(46)48(56)36-9-6-8-33(29-36)23-24-53-26-28-59-40-19-13-35(14-20-40)47-43-22-16-38(55)31-45(43)61-51(47)49(57)41-10-5-4-7-32(41)2/h4-22,29-31,52-55H,3,23-28H2,1-2H3. The molecule has 2 aromatic heterocycles. The minimum Gasteiger partial charge on any atom is -0.508 e. The lowest BCUT2D eigenvalue weighted by molar-refractivity contribution is 0.103. The molecule has 0 atom stereocenters. The Morgan fingerprint density at radius 3 is 1.72 bits per heavy atom. The number of hydrogen-bond acceptors (Lipinski definition) is 10. The second kappa shape index (κ2) is 19.0. The number of phenols is 2. The van der Waals surface area contributed by atoms with E-state index in [-0.39, 0.29) is 23.1 Å². The highest BCUT2D eigenvalue weighted by Crippen LogP contribution is 2.43. The van der Waals surface area contributed by atoms with Crippen LogP contribution < -0.4 is 20.1 Å². The third-order valence-electron chi connectivity index (χ3n) is 10.6. The number of fused-ring (bicyclic) bond motifs is 2. The first-order chi connectivity index (χ1) is 29.8. The van der Waals surface area contributed by atoms with Crippen molar-refractivity contribution < 1.29 is 29.3 Å². The lowest BCUT2D eigenvalue weighted by atomic mass is 9.96. The molecule has 0 saturated carbocycles. The lowest BCUT2D eigenvalue weighted by Gasteiger charge is -2.11. The van der Waals surface area contributed by atoms with E-state index in [1.165, 1.54) is 22.7 Å². The van der Waals surface area contributed by atoms with E-state index < -0.39 is 0 Å². The summed E-state index contributed by atoms with van der Waals surface area (Å²) in [6.07, 6.45) is 0.730. The average molecular weight is 847 g/mol. The van der Waals surface area contributed by atoms with E-state index in [0.717, 1.165) is 84.6 Å². The molecule has 0 amide bonds. The van der Waals surface area contributed by atoms with Crippen LogP contribution in [-0.2, 0) is 6.42 Å². The molecule has 4 N–H and O–H groups in total. The SMILES string of the molecule is CCNCCOc1ccc(-c2c(C(=O)c3cccc(CCNCCOc4ccc(-c5c(C(=O)c6ccccc6C)sc6cc(O)ccc56)cc4)c3)sc3cc(O)ccc23)cc1. The van der Waals surface area contributed by atoms with Gasteiger partial charge in [-0.05, 0) is 115 Å². The van der Waals surface area contributed by atoms with Crippen LogP contribution in [0.2, 0.25) is 0 Å². The fraction of sp³-hybridized carbons (Fsp3) is 0.176. The molecule has 0 fully saturated rings. The van der Waals surface area contributed by atoms with Crippen molar-refractivity contribution in [2.75, 3.05) is 39.4 Å². The van der Waals surface area contributed by atoms with Gasteiger partial charge in [0.15, 0.2) is 0 Å². The van der Waals surface area contributed by atoms with E-state index in [0.29, 0.717) is 47.2 Å². The number of aromatic hydroxyl groups is 2. The summed E-state index contributed by atoms with van der Waals surface area (Å²) in [6.45, 7) is 8.02. The number of benzene rings is 6. The molecule has 0 unspecified atom stereocenters. The van der Waals surface area contributed by atoms with Gasteiger partial charge in [-0.1, -0.05) is 73.7 Å². The molecule has 8 aromatic rings. The van der Waals surface area contributed by atoms with Gasteiger partial charge in [-0.25, -0.2) is 0 Å². The zero-order chi connectivity index (χ0) is 42.3. The summed E-state index contributed by atoms with van der Waals surface area (Å²) in [7, 11) is 0. The summed E-state index contributed by atoms with van der Waals surface area (Å²) in [6, 6.07) is 41.5. The molecule has 61 heavy (non-hydrogen) atoms. The Labute approximate surface area is 363 Å². The number of nitrogens with one attached hydrogen (secondary N) is 2. The molecule has 8 nitrogen and oxygen atoms in total. The van der Waals surface area contributed by atoms with Crippen molar-refractivity contribution in [3.8, 4) is 45.3 Å².